The average molecular weight is 210 g/mol. The molecule has 1 heterocycles. The predicted octanol–water partition coefficient (Wildman–Crippen LogP) is 2.93. The second kappa shape index (κ2) is 5.94. The molecule has 3 heteroatoms. The molecular weight excluding hydrogens is 192 g/mol. The summed E-state index contributed by atoms with van der Waals surface area (Å²) in [7, 11) is 0. The Kier molecular flexibility index (Phi) is 4.84. The fraction of sp³-hybridized carbons (Fsp3) is 0.545. The maximum atomic E-state index is 4.40. The third kappa shape index (κ3) is 3.24. The van der Waals surface area contributed by atoms with Crippen LogP contribution in [0.25, 0.3) is 0 Å². The van der Waals surface area contributed by atoms with Crippen molar-refractivity contribution < 1.29 is 0 Å². The number of hydrogen-bond donors (Lipinski definition) is 1. The molecule has 2 nitrogen and oxygen atoms in total. The SMILES string of the molecule is C/C=C/CNC(C)c1ncc(CC)s1. The van der Waals surface area contributed by atoms with E-state index >= 15 is 0 Å². The Morgan fingerprint density at radius 2 is 2.43 bits per heavy atom. The Hall–Kier alpha value is -0.670. The average Bonchev–Trinajstić information content (AvgIpc) is 2.66. The molecule has 1 N–H and O–H groups in total. The van der Waals surface area contributed by atoms with Crippen molar-refractivity contribution in [1.29, 1.82) is 0 Å². The molecule has 1 aromatic rings. The van der Waals surface area contributed by atoms with Gasteiger partial charge in [0.25, 0.3) is 0 Å². The highest BCUT2D eigenvalue weighted by Gasteiger charge is 2.07. The standard InChI is InChI=1S/C11H18N2S/c1-4-6-7-12-9(3)11-13-8-10(5-2)14-11/h4,6,8-9,12H,5,7H2,1-3H3/b6-4+. The molecule has 0 amide bonds. The third-order valence-electron chi connectivity index (χ3n) is 2.07. The Labute approximate surface area is 90.1 Å². The molecule has 1 unspecified atom stereocenters. The molecule has 0 aromatic carbocycles. The van der Waals surface area contributed by atoms with Crippen LogP contribution < -0.4 is 5.32 Å². The van der Waals surface area contributed by atoms with Crippen molar-refractivity contribution in [3.05, 3.63) is 28.2 Å². The van der Waals surface area contributed by atoms with E-state index in [2.05, 4.69) is 36.3 Å². The minimum Gasteiger partial charge on any atom is -0.305 e. The highest BCUT2D eigenvalue weighted by molar-refractivity contribution is 7.11. The Morgan fingerprint density at radius 3 is 3.00 bits per heavy atom. The van der Waals surface area contributed by atoms with E-state index < -0.39 is 0 Å². The van der Waals surface area contributed by atoms with Gasteiger partial charge in [0.05, 0.1) is 6.04 Å². The zero-order valence-corrected chi connectivity index (χ0v) is 9.90. The van der Waals surface area contributed by atoms with Crippen molar-refractivity contribution in [3.8, 4) is 0 Å². The summed E-state index contributed by atoms with van der Waals surface area (Å²) >= 11 is 1.80. The van der Waals surface area contributed by atoms with E-state index in [9.17, 15) is 0 Å². The molecular formula is C11H18N2S. The molecule has 0 spiro atoms. The van der Waals surface area contributed by atoms with Crippen LogP contribution in [0.15, 0.2) is 18.3 Å². The van der Waals surface area contributed by atoms with Crippen LogP contribution in [0.2, 0.25) is 0 Å². The molecule has 1 rings (SSSR count). The van der Waals surface area contributed by atoms with Gasteiger partial charge in [-0.25, -0.2) is 4.98 Å². The molecule has 0 saturated carbocycles. The molecule has 0 fully saturated rings. The Balaban J connectivity index is 2.47. The lowest BCUT2D eigenvalue weighted by molar-refractivity contribution is 0.613. The minimum absolute atomic E-state index is 0.358. The zero-order valence-electron chi connectivity index (χ0n) is 9.08. The van der Waals surface area contributed by atoms with E-state index in [4.69, 9.17) is 0 Å². The number of hydrogen-bond acceptors (Lipinski definition) is 3. The van der Waals surface area contributed by atoms with Crippen LogP contribution in [0.1, 0.15) is 36.7 Å². The van der Waals surface area contributed by atoms with Crippen LogP contribution in [0.5, 0.6) is 0 Å². The van der Waals surface area contributed by atoms with Crippen LogP contribution in [-0.4, -0.2) is 11.5 Å². The molecule has 0 aliphatic rings. The van der Waals surface area contributed by atoms with Gasteiger partial charge in [-0.05, 0) is 20.3 Å². The summed E-state index contributed by atoms with van der Waals surface area (Å²) < 4.78 is 0. The van der Waals surface area contributed by atoms with Gasteiger partial charge < -0.3 is 5.32 Å². The van der Waals surface area contributed by atoms with Crippen molar-refractivity contribution in [2.75, 3.05) is 6.54 Å². The van der Waals surface area contributed by atoms with Crippen LogP contribution in [0.3, 0.4) is 0 Å². The summed E-state index contributed by atoms with van der Waals surface area (Å²) in [6, 6.07) is 0.358. The van der Waals surface area contributed by atoms with Gasteiger partial charge in [-0.3, -0.25) is 0 Å². The lowest BCUT2D eigenvalue weighted by Gasteiger charge is -2.08. The quantitative estimate of drug-likeness (QED) is 0.756. The normalized spacial score (nSPS) is 13.6. The summed E-state index contributed by atoms with van der Waals surface area (Å²) in [6.07, 6.45) is 7.23. The molecule has 1 atom stereocenters. The van der Waals surface area contributed by atoms with Gasteiger partial charge in [0.1, 0.15) is 5.01 Å². The second-order valence-electron chi connectivity index (χ2n) is 3.22. The van der Waals surface area contributed by atoms with Crippen molar-refractivity contribution in [2.24, 2.45) is 0 Å². The maximum Gasteiger partial charge on any atom is 0.109 e. The van der Waals surface area contributed by atoms with Gasteiger partial charge in [-0.1, -0.05) is 19.1 Å². The highest BCUT2D eigenvalue weighted by atomic mass is 32.1. The van der Waals surface area contributed by atoms with Crippen LogP contribution in [0.4, 0.5) is 0 Å². The fourth-order valence-corrected chi connectivity index (χ4v) is 2.02. The molecule has 0 bridgehead atoms. The molecule has 0 aliphatic heterocycles. The first-order valence-corrected chi connectivity index (χ1v) is 5.88. The summed E-state index contributed by atoms with van der Waals surface area (Å²) in [6.45, 7) is 7.26. The van der Waals surface area contributed by atoms with E-state index in [0.717, 1.165) is 13.0 Å². The highest BCUT2D eigenvalue weighted by Crippen LogP contribution is 2.19. The molecule has 78 valence electrons. The summed E-state index contributed by atoms with van der Waals surface area (Å²) in [5, 5.41) is 4.58. The fourth-order valence-electron chi connectivity index (χ4n) is 1.14. The van der Waals surface area contributed by atoms with E-state index in [1.165, 1.54) is 9.88 Å². The van der Waals surface area contributed by atoms with E-state index in [-0.39, 0.29) is 0 Å². The number of nitrogens with zero attached hydrogens (tertiary/aromatic N) is 1. The lowest BCUT2D eigenvalue weighted by atomic mass is 10.3. The van der Waals surface area contributed by atoms with Gasteiger partial charge in [0.15, 0.2) is 0 Å². The second-order valence-corrected chi connectivity index (χ2v) is 4.36. The summed E-state index contributed by atoms with van der Waals surface area (Å²) in [5.41, 5.74) is 0. The Morgan fingerprint density at radius 1 is 1.64 bits per heavy atom. The minimum atomic E-state index is 0.358. The molecule has 0 aliphatic carbocycles. The van der Waals surface area contributed by atoms with Crippen LogP contribution in [0, 0.1) is 0 Å². The Bertz CT molecular complexity index is 291. The van der Waals surface area contributed by atoms with Gasteiger partial charge in [-0.15, -0.1) is 11.3 Å². The monoisotopic (exact) mass is 210 g/mol. The van der Waals surface area contributed by atoms with Gasteiger partial charge >= 0.3 is 0 Å². The third-order valence-corrected chi connectivity index (χ3v) is 3.39. The van der Waals surface area contributed by atoms with Gasteiger partial charge in [0, 0.05) is 17.6 Å². The largest absolute Gasteiger partial charge is 0.305 e. The molecule has 1 aromatic heterocycles. The van der Waals surface area contributed by atoms with Crippen molar-refractivity contribution in [3.63, 3.8) is 0 Å². The van der Waals surface area contributed by atoms with Gasteiger partial charge in [0.2, 0.25) is 0 Å². The van der Waals surface area contributed by atoms with Crippen molar-refractivity contribution >= 4 is 11.3 Å². The van der Waals surface area contributed by atoms with Crippen molar-refractivity contribution in [1.82, 2.24) is 10.3 Å². The first kappa shape index (κ1) is 11.4. The number of aromatic nitrogens is 1. The summed E-state index contributed by atoms with van der Waals surface area (Å²) in [4.78, 5) is 5.76. The number of nitrogens with one attached hydrogen (secondary N) is 1. The van der Waals surface area contributed by atoms with Crippen LogP contribution in [-0.2, 0) is 6.42 Å². The summed E-state index contributed by atoms with van der Waals surface area (Å²) in [5.74, 6) is 0. The van der Waals surface area contributed by atoms with Crippen molar-refractivity contribution in [2.45, 2.75) is 33.2 Å². The van der Waals surface area contributed by atoms with E-state index in [0.29, 0.717) is 6.04 Å². The zero-order chi connectivity index (χ0) is 10.4. The smallest absolute Gasteiger partial charge is 0.109 e. The first-order valence-electron chi connectivity index (χ1n) is 5.07. The number of allylic oxidation sites excluding steroid dienone is 1. The predicted molar refractivity (Wildman–Crippen MR) is 62.7 cm³/mol. The number of aryl methyl sites for hydroxylation is 1. The molecule has 0 saturated heterocycles. The maximum absolute atomic E-state index is 4.40. The van der Waals surface area contributed by atoms with E-state index in [1.54, 1.807) is 11.3 Å². The molecule has 14 heavy (non-hydrogen) atoms. The molecule has 0 radical (unpaired) electrons. The number of thiazole rings is 1. The topological polar surface area (TPSA) is 24.9 Å². The number of rotatable bonds is 5. The lowest BCUT2D eigenvalue weighted by Crippen LogP contribution is -2.18. The van der Waals surface area contributed by atoms with Gasteiger partial charge in [-0.2, -0.15) is 0 Å². The first-order chi connectivity index (χ1) is 6.77. The van der Waals surface area contributed by atoms with Crippen LogP contribution >= 0.6 is 11.3 Å². The van der Waals surface area contributed by atoms with E-state index in [1.807, 2.05) is 13.1 Å².